The highest BCUT2D eigenvalue weighted by atomic mass is 32.1. The maximum absolute atomic E-state index is 12.4. The molecule has 0 fully saturated rings. The molecular formula is C17H20N2O2S. The molecule has 0 spiro atoms. The first-order valence-electron chi connectivity index (χ1n) is 7.38. The smallest absolute Gasteiger partial charge is 0.251 e. The highest BCUT2D eigenvalue weighted by molar-refractivity contribution is 7.10. The summed E-state index contributed by atoms with van der Waals surface area (Å²) >= 11 is 1.64. The standard InChI is InChI=1S/C17H20N2O2S/c1-3-14(15-9-6-10-22-15)19-17(21)12-7-5-8-13(11-12)18-16(20)4-2/h5-11,14H,3-4H2,1-2H3,(H,18,20)(H,19,21)/t14-/m0/s1. The van der Waals surface area contributed by atoms with Crippen LogP contribution in [-0.2, 0) is 4.79 Å². The molecular weight excluding hydrogens is 296 g/mol. The molecule has 0 bridgehead atoms. The Kier molecular flexibility index (Phi) is 5.72. The lowest BCUT2D eigenvalue weighted by Crippen LogP contribution is -2.27. The van der Waals surface area contributed by atoms with Crippen LogP contribution in [-0.4, -0.2) is 11.8 Å². The fourth-order valence-electron chi connectivity index (χ4n) is 2.09. The molecule has 0 saturated heterocycles. The topological polar surface area (TPSA) is 58.2 Å². The highest BCUT2D eigenvalue weighted by Gasteiger charge is 2.15. The normalized spacial score (nSPS) is 11.7. The minimum Gasteiger partial charge on any atom is -0.344 e. The number of carbonyl (C=O) groups is 2. The van der Waals surface area contributed by atoms with Crippen molar-refractivity contribution in [1.29, 1.82) is 0 Å². The van der Waals surface area contributed by atoms with Crippen LogP contribution in [0.2, 0.25) is 0 Å². The quantitative estimate of drug-likeness (QED) is 0.847. The summed E-state index contributed by atoms with van der Waals surface area (Å²) in [6, 6.07) is 11.0. The van der Waals surface area contributed by atoms with E-state index >= 15 is 0 Å². The summed E-state index contributed by atoms with van der Waals surface area (Å²) in [6.07, 6.45) is 1.24. The Balaban J connectivity index is 2.09. The number of amides is 2. The molecule has 2 rings (SSSR count). The van der Waals surface area contributed by atoms with Gasteiger partial charge in [0.15, 0.2) is 0 Å². The zero-order valence-electron chi connectivity index (χ0n) is 12.8. The largest absolute Gasteiger partial charge is 0.344 e. The molecule has 1 heterocycles. The lowest BCUT2D eigenvalue weighted by Gasteiger charge is -2.16. The van der Waals surface area contributed by atoms with Crippen LogP contribution < -0.4 is 10.6 Å². The second kappa shape index (κ2) is 7.75. The first kappa shape index (κ1) is 16.2. The second-order valence-electron chi connectivity index (χ2n) is 4.93. The van der Waals surface area contributed by atoms with Gasteiger partial charge in [-0.25, -0.2) is 0 Å². The van der Waals surface area contributed by atoms with Crippen LogP contribution in [0.3, 0.4) is 0 Å². The lowest BCUT2D eigenvalue weighted by molar-refractivity contribution is -0.115. The van der Waals surface area contributed by atoms with Crippen molar-refractivity contribution in [3.63, 3.8) is 0 Å². The molecule has 1 aromatic carbocycles. The fourth-order valence-corrected chi connectivity index (χ4v) is 2.95. The number of hydrogen-bond donors (Lipinski definition) is 2. The van der Waals surface area contributed by atoms with Gasteiger partial charge in [-0.05, 0) is 36.1 Å². The molecule has 0 radical (unpaired) electrons. The van der Waals surface area contributed by atoms with Crippen molar-refractivity contribution in [2.45, 2.75) is 32.7 Å². The molecule has 116 valence electrons. The van der Waals surface area contributed by atoms with Gasteiger partial charge in [-0.3, -0.25) is 9.59 Å². The number of hydrogen-bond acceptors (Lipinski definition) is 3. The van der Waals surface area contributed by atoms with Crippen molar-refractivity contribution in [2.75, 3.05) is 5.32 Å². The van der Waals surface area contributed by atoms with Gasteiger partial charge >= 0.3 is 0 Å². The molecule has 1 atom stereocenters. The van der Waals surface area contributed by atoms with Gasteiger partial charge in [0.05, 0.1) is 6.04 Å². The van der Waals surface area contributed by atoms with Gasteiger partial charge in [-0.2, -0.15) is 0 Å². The SMILES string of the molecule is CCC(=O)Nc1cccc(C(=O)N[C@@H](CC)c2cccs2)c1. The zero-order chi connectivity index (χ0) is 15.9. The summed E-state index contributed by atoms with van der Waals surface area (Å²) in [5.74, 6) is -0.199. The molecule has 4 nitrogen and oxygen atoms in total. The van der Waals surface area contributed by atoms with Crippen LogP contribution in [0.1, 0.15) is 48.0 Å². The van der Waals surface area contributed by atoms with Gasteiger partial charge in [-0.1, -0.05) is 26.0 Å². The van der Waals surface area contributed by atoms with E-state index in [0.29, 0.717) is 17.7 Å². The van der Waals surface area contributed by atoms with Crippen molar-refractivity contribution >= 4 is 28.8 Å². The molecule has 1 aromatic heterocycles. The van der Waals surface area contributed by atoms with E-state index in [1.165, 1.54) is 0 Å². The van der Waals surface area contributed by atoms with Gasteiger partial charge in [-0.15, -0.1) is 11.3 Å². The summed E-state index contributed by atoms with van der Waals surface area (Å²) in [4.78, 5) is 25.0. The van der Waals surface area contributed by atoms with Crippen molar-refractivity contribution < 1.29 is 9.59 Å². The van der Waals surface area contributed by atoms with Crippen LogP contribution in [0, 0.1) is 0 Å². The molecule has 2 N–H and O–H groups in total. The van der Waals surface area contributed by atoms with Crippen LogP contribution in [0.25, 0.3) is 0 Å². The molecule has 2 aromatic rings. The van der Waals surface area contributed by atoms with Crippen molar-refractivity contribution in [2.24, 2.45) is 0 Å². The Morgan fingerprint density at radius 2 is 2.00 bits per heavy atom. The molecule has 0 aliphatic heterocycles. The zero-order valence-corrected chi connectivity index (χ0v) is 13.6. The van der Waals surface area contributed by atoms with E-state index < -0.39 is 0 Å². The third-order valence-electron chi connectivity index (χ3n) is 3.33. The third-order valence-corrected chi connectivity index (χ3v) is 4.32. The Morgan fingerprint density at radius 1 is 1.18 bits per heavy atom. The summed E-state index contributed by atoms with van der Waals surface area (Å²) < 4.78 is 0. The lowest BCUT2D eigenvalue weighted by atomic mass is 10.1. The molecule has 2 amide bonds. The average Bonchev–Trinajstić information content (AvgIpc) is 3.06. The Bertz CT molecular complexity index is 638. The van der Waals surface area contributed by atoms with Crippen molar-refractivity contribution in [1.82, 2.24) is 5.32 Å². The molecule has 22 heavy (non-hydrogen) atoms. The van der Waals surface area contributed by atoms with Gasteiger partial charge in [0, 0.05) is 22.5 Å². The third kappa shape index (κ3) is 4.18. The maximum atomic E-state index is 12.4. The minimum absolute atomic E-state index is 0.0152. The minimum atomic E-state index is -0.132. The number of rotatable bonds is 6. The average molecular weight is 316 g/mol. The Labute approximate surface area is 134 Å². The monoisotopic (exact) mass is 316 g/mol. The second-order valence-corrected chi connectivity index (χ2v) is 5.91. The molecule has 0 aliphatic carbocycles. The summed E-state index contributed by atoms with van der Waals surface area (Å²) in [6.45, 7) is 3.83. The predicted octanol–water partition coefficient (Wildman–Crippen LogP) is 3.98. The summed E-state index contributed by atoms with van der Waals surface area (Å²) in [7, 11) is 0. The molecule has 0 aliphatic rings. The van der Waals surface area contributed by atoms with Gasteiger partial charge in [0.2, 0.25) is 5.91 Å². The van der Waals surface area contributed by atoms with Gasteiger partial charge in [0.1, 0.15) is 0 Å². The van der Waals surface area contributed by atoms with E-state index in [1.807, 2.05) is 24.4 Å². The molecule has 0 unspecified atom stereocenters. The summed E-state index contributed by atoms with van der Waals surface area (Å²) in [5, 5.41) is 7.81. The van der Waals surface area contributed by atoms with E-state index in [-0.39, 0.29) is 17.9 Å². The van der Waals surface area contributed by atoms with E-state index in [9.17, 15) is 9.59 Å². The van der Waals surface area contributed by atoms with E-state index in [0.717, 1.165) is 11.3 Å². The van der Waals surface area contributed by atoms with Crippen LogP contribution in [0.4, 0.5) is 5.69 Å². The number of anilines is 1. The van der Waals surface area contributed by atoms with E-state index in [2.05, 4.69) is 10.6 Å². The van der Waals surface area contributed by atoms with Crippen LogP contribution >= 0.6 is 11.3 Å². The fraction of sp³-hybridized carbons (Fsp3) is 0.294. The highest BCUT2D eigenvalue weighted by Crippen LogP contribution is 2.22. The van der Waals surface area contributed by atoms with E-state index in [4.69, 9.17) is 0 Å². The number of benzene rings is 1. The van der Waals surface area contributed by atoms with Gasteiger partial charge in [0.25, 0.3) is 5.91 Å². The predicted molar refractivity (Wildman–Crippen MR) is 90.2 cm³/mol. The van der Waals surface area contributed by atoms with Crippen LogP contribution in [0.15, 0.2) is 41.8 Å². The van der Waals surface area contributed by atoms with Crippen LogP contribution in [0.5, 0.6) is 0 Å². The summed E-state index contributed by atoms with van der Waals surface area (Å²) in [5.41, 5.74) is 1.19. The van der Waals surface area contributed by atoms with Crippen molar-refractivity contribution in [3.8, 4) is 0 Å². The first-order valence-corrected chi connectivity index (χ1v) is 8.26. The number of thiophene rings is 1. The Morgan fingerprint density at radius 3 is 2.64 bits per heavy atom. The molecule has 0 saturated carbocycles. The maximum Gasteiger partial charge on any atom is 0.251 e. The Hall–Kier alpha value is -2.14. The van der Waals surface area contributed by atoms with Crippen molar-refractivity contribution in [3.05, 3.63) is 52.2 Å². The molecule has 5 heteroatoms. The van der Waals surface area contributed by atoms with Gasteiger partial charge < -0.3 is 10.6 Å². The van der Waals surface area contributed by atoms with E-state index in [1.54, 1.807) is 42.5 Å². The number of carbonyl (C=O) groups excluding carboxylic acids is 2. The number of nitrogens with one attached hydrogen (secondary N) is 2. The first-order chi connectivity index (χ1) is 10.6.